The first kappa shape index (κ1) is 12.7. The Balaban J connectivity index is 2.49. The van der Waals surface area contributed by atoms with E-state index in [1.165, 1.54) is 0 Å². The number of isocyanates is 1. The lowest BCUT2D eigenvalue weighted by molar-refractivity contribution is 0.295. The molecule has 2 rings (SSSR count). The third-order valence-corrected chi connectivity index (χ3v) is 2.93. The van der Waals surface area contributed by atoms with Crippen LogP contribution in [-0.4, -0.2) is 19.3 Å². The fourth-order valence-corrected chi connectivity index (χ4v) is 2.19. The minimum Gasteiger partial charge on any atom is -0.490 e. The molecule has 0 spiro atoms. The largest absolute Gasteiger partial charge is 0.490 e. The summed E-state index contributed by atoms with van der Waals surface area (Å²) in [4.78, 5) is 13.9. The highest BCUT2D eigenvalue weighted by Gasteiger charge is 2.20. The average Bonchev–Trinajstić information content (AvgIpc) is 2.60. The Morgan fingerprint density at radius 1 is 1.33 bits per heavy atom. The lowest BCUT2D eigenvalue weighted by atomic mass is 9.95. The highest BCUT2D eigenvalue weighted by molar-refractivity contribution is 5.53. The summed E-state index contributed by atoms with van der Waals surface area (Å²) in [5.74, 6) is 1.88. The van der Waals surface area contributed by atoms with Crippen molar-refractivity contribution in [1.82, 2.24) is 0 Å². The van der Waals surface area contributed by atoms with Gasteiger partial charge in [-0.15, -0.1) is 0 Å². The number of fused-ring (bicyclic) bond motifs is 1. The third kappa shape index (κ3) is 2.54. The highest BCUT2D eigenvalue weighted by atomic mass is 16.5. The molecule has 4 nitrogen and oxygen atoms in total. The molecule has 0 atom stereocenters. The monoisotopic (exact) mass is 247 g/mol. The number of hydrogen-bond acceptors (Lipinski definition) is 4. The number of carbonyl (C=O) groups excluding carboxylic acids is 1. The van der Waals surface area contributed by atoms with E-state index in [2.05, 4.69) is 18.8 Å². The molecule has 0 unspecified atom stereocenters. The average molecular weight is 247 g/mol. The van der Waals surface area contributed by atoms with Crippen molar-refractivity contribution in [3.8, 4) is 11.5 Å². The van der Waals surface area contributed by atoms with Crippen molar-refractivity contribution in [3.05, 3.63) is 23.3 Å². The van der Waals surface area contributed by atoms with Crippen LogP contribution in [0.2, 0.25) is 0 Å². The molecule has 0 saturated heterocycles. The van der Waals surface area contributed by atoms with Crippen LogP contribution in [0.3, 0.4) is 0 Å². The van der Waals surface area contributed by atoms with Crippen molar-refractivity contribution in [2.24, 2.45) is 4.99 Å². The summed E-state index contributed by atoms with van der Waals surface area (Å²) in [6, 6.07) is 3.84. The van der Waals surface area contributed by atoms with Gasteiger partial charge in [0.1, 0.15) is 0 Å². The summed E-state index contributed by atoms with van der Waals surface area (Å²) in [5, 5.41) is 0. The molecule has 1 heterocycles. The molecule has 1 aliphatic heterocycles. The lowest BCUT2D eigenvalue weighted by Crippen LogP contribution is -2.03. The topological polar surface area (TPSA) is 47.9 Å². The first-order valence-electron chi connectivity index (χ1n) is 6.19. The van der Waals surface area contributed by atoms with Crippen LogP contribution in [0.5, 0.6) is 11.5 Å². The fourth-order valence-electron chi connectivity index (χ4n) is 2.19. The van der Waals surface area contributed by atoms with Crippen molar-refractivity contribution in [2.75, 3.05) is 13.2 Å². The van der Waals surface area contributed by atoms with Crippen molar-refractivity contribution in [2.45, 2.75) is 32.7 Å². The Kier molecular flexibility index (Phi) is 4.00. The van der Waals surface area contributed by atoms with E-state index < -0.39 is 0 Å². The Labute approximate surface area is 107 Å². The molecule has 0 aromatic heterocycles. The molecule has 0 fully saturated rings. The second-order valence-electron chi connectivity index (χ2n) is 4.58. The Morgan fingerprint density at radius 3 is 2.83 bits per heavy atom. The van der Waals surface area contributed by atoms with E-state index in [1.807, 2.05) is 12.1 Å². The van der Waals surface area contributed by atoms with Crippen LogP contribution in [0.1, 0.15) is 37.3 Å². The molecular weight excluding hydrogens is 230 g/mol. The van der Waals surface area contributed by atoms with Gasteiger partial charge in [-0.3, -0.25) is 0 Å². The minimum atomic E-state index is 0.290. The van der Waals surface area contributed by atoms with E-state index in [0.717, 1.165) is 29.0 Å². The second-order valence-corrected chi connectivity index (χ2v) is 4.58. The van der Waals surface area contributed by atoms with Crippen molar-refractivity contribution >= 4 is 6.08 Å². The summed E-state index contributed by atoms with van der Waals surface area (Å²) in [6.45, 7) is 5.87. The summed E-state index contributed by atoms with van der Waals surface area (Å²) in [6.07, 6.45) is 2.46. The molecule has 96 valence electrons. The SMILES string of the molecule is CC(C)c1c(CN=C=O)ccc2c1OCCCO2. The molecule has 0 aliphatic carbocycles. The van der Waals surface area contributed by atoms with Gasteiger partial charge in [-0.05, 0) is 17.5 Å². The molecule has 18 heavy (non-hydrogen) atoms. The van der Waals surface area contributed by atoms with Gasteiger partial charge in [-0.1, -0.05) is 19.9 Å². The minimum absolute atomic E-state index is 0.290. The van der Waals surface area contributed by atoms with E-state index in [9.17, 15) is 4.79 Å². The predicted molar refractivity (Wildman–Crippen MR) is 68.0 cm³/mol. The van der Waals surface area contributed by atoms with Crippen LogP contribution in [0.15, 0.2) is 17.1 Å². The Hall–Kier alpha value is -1.80. The molecule has 1 aliphatic rings. The molecular formula is C14H17NO3. The molecule has 4 heteroatoms. The number of rotatable bonds is 3. The lowest BCUT2D eigenvalue weighted by Gasteiger charge is -2.18. The van der Waals surface area contributed by atoms with Crippen LogP contribution in [-0.2, 0) is 11.3 Å². The number of ether oxygens (including phenoxy) is 2. The van der Waals surface area contributed by atoms with Crippen molar-refractivity contribution in [1.29, 1.82) is 0 Å². The van der Waals surface area contributed by atoms with E-state index >= 15 is 0 Å². The third-order valence-electron chi connectivity index (χ3n) is 2.93. The quantitative estimate of drug-likeness (QED) is 0.609. The first-order valence-corrected chi connectivity index (χ1v) is 6.19. The summed E-state index contributed by atoms with van der Waals surface area (Å²) >= 11 is 0. The van der Waals surface area contributed by atoms with Crippen LogP contribution < -0.4 is 9.47 Å². The van der Waals surface area contributed by atoms with Gasteiger partial charge in [0, 0.05) is 12.0 Å². The van der Waals surface area contributed by atoms with E-state index in [-0.39, 0.29) is 0 Å². The summed E-state index contributed by atoms with van der Waals surface area (Å²) in [5.41, 5.74) is 2.08. The van der Waals surface area contributed by atoms with Crippen LogP contribution in [0, 0.1) is 0 Å². The second kappa shape index (κ2) is 5.69. The van der Waals surface area contributed by atoms with Gasteiger partial charge in [0.2, 0.25) is 6.08 Å². The van der Waals surface area contributed by atoms with E-state index in [0.29, 0.717) is 25.7 Å². The van der Waals surface area contributed by atoms with Gasteiger partial charge in [0.15, 0.2) is 11.5 Å². The molecule has 1 aromatic carbocycles. The van der Waals surface area contributed by atoms with Gasteiger partial charge in [0.05, 0.1) is 19.8 Å². The molecule has 0 bridgehead atoms. The van der Waals surface area contributed by atoms with Crippen molar-refractivity contribution < 1.29 is 14.3 Å². The molecule has 1 aromatic rings. The Morgan fingerprint density at radius 2 is 2.11 bits per heavy atom. The maximum Gasteiger partial charge on any atom is 0.235 e. The zero-order chi connectivity index (χ0) is 13.0. The van der Waals surface area contributed by atoms with Crippen LogP contribution in [0.25, 0.3) is 0 Å². The first-order chi connectivity index (χ1) is 8.74. The highest BCUT2D eigenvalue weighted by Crippen LogP contribution is 2.39. The smallest absolute Gasteiger partial charge is 0.235 e. The number of aliphatic imine (C=N–C) groups is 1. The molecule has 0 N–H and O–H groups in total. The maximum absolute atomic E-state index is 10.3. The fraction of sp³-hybridized carbons (Fsp3) is 0.500. The van der Waals surface area contributed by atoms with Crippen LogP contribution >= 0.6 is 0 Å². The maximum atomic E-state index is 10.3. The number of benzene rings is 1. The van der Waals surface area contributed by atoms with E-state index in [4.69, 9.17) is 9.47 Å². The number of nitrogens with zero attached hydrogens (tertiary/aromatic N) is 1. The van der Waals surface area contributed by atoms with Gasteiger partial charge < -0.3 is 9.47 Å². The zero-order valence-corrected chi connectivity index (χ0v) is 10.7. The predicted octanol–water partition coefficient (Wildman–Crippen LogP) is 2.81. The Bertz CT molecular complexity index is 476. The summed E-state index contributed by atoms with van der Waals surface area (Å²) in [7, 11) is 0. The van der Waals surface area contributed by atoms with Gasteiger partial charge in [-0.25, -0.2) is 9.79 Å². The standard InChI is InChI=1S/C14H17NO3/c1-10(2)13-11(8-15-9-16)4-5-12-14(13)18-7-3-6-17-12/h4-5,10H,3,6-8H2,1-2H3. The number of hydrogen-bond donors (Lipinski definition) is 0. The van der Waals surface area contributed by atoms with Crippen LogP contribution in [0.4, 0.5) is 0 Å². The van der Waals surface area contributed by atoms with Gasteiger partial charge >= 0.3 is 0 Å². The molecule has 0 radical (unpaired) electrons. The molecule has 0 saturated carbocycles. The van der Waals surface area contributed by atoms with Gasteiger partial charge in [-0.2, -0.15) is 0 Å². The van der Waals surface area contributed by atoms with E-state index in [1.54, 1.807) is 6.08 Å². The van der Waals surface area contributed by atoms with Gasteiger partial charge in [0.25, 0.3) is 0 Å². The zero-order valence-electron chi connectivity index (χ0n) is 10.7. The van der Waals surface area contributed by atoms with Crippen molar-refractivity contribution in [3.63, 3.8) is 0 Å². The molecule has 0 amide bonds. The normalized spacial score (nSPS) is 13.9. The summed E-state index contributed by atoms with van der Waals surface area (Å²) < 4.78 is 11.5.